The van der Waals surface area contributed by atoms with Crippen molar-refractivity contribution in [1.29, 1.82) is 0 Å². The minimum absolute atomic E-state index is 0.701. The van der Waals surface area contributed by atoms with Crippen LogP contribution in [0.2, 0.25) is 5.02 Å². The molecule has 2 heterocycles. The summed E-state index contributed by atoms with van der Waals surface area (Å²) in [6, 6.07) is 20.1. The van der Waals surface area contributed by atoms with Crippen molar-refractivity contribution in [1.82, 2.24) is 9.38 Å². The van der Waals surface area contributed by atoms with E-state index in [2.05, 4.69) is 41.8 Å². The number of para-hydroxylation sites is 1. The third-order valence-corrected chi connectivity index (χ3v) is 4.59. The lowest BCUT2D eigenvalue weighted by atomic mass is 10.1. The quantitative estimate of drug-likeness (QED) is 0.491. The Morgan fingerprint density at radius 1 is 0.920 bits per heavy atom. The Balaban J connectivity index is 1.94. The SMILES string of the molecule is Cc1cccc(C)c1Nc1c(-c2cccc(Cl)c2)nc2ccccn12. The molecule has 0 saturated heterocycles. The molecule has 4 rings (SSSR count). The van der Waals surface area contributed by atoms with Crippen molar-refractivity contribution >= 4 is 28.8 Å². The largest absolute Gasteiger partial charge is 0.339 e. The lowest BCUT2D eigenvalue weighted by Gasteiger charge is -2.14. The van der Waals surface area contributed by atoms with Gasteiger partial charge in [0.1, 0.15) is 17.2 Å². The summed E-state index contributed by atoms with van der Waals surface area (Å²) in [4.78, 5) is 4.82. The molecule has 25 heavy (non-hydrogen) atoms. The molecule has 0 aliphatic rings. The number of hydrogen-bond acceptors (Lipinski definition) is 2. The smallest absolute Gasteiger partial charge is 0.143 e. The van der Waals surface area contributed by atoms with Gasteiger partial charge in [-0.15, -0.1) is 0 Å². The van der Waals surface area contributed by atoms with Gasteiger partial charge in [-0.1, -0.05) is 48.0 Å². The van der Waals surface area contributed by atoms with Crippen molar-refractivity contribution < 1.29 is 0 Å². The van der Waals surface area contributed by atoms with Crippen molar-refractivity contribution in [3.05, 3.63) is 83.0 Å². The fourth-order valence-corrected chi connectivity index (χ4v) is 3.27. The first-order valence-corrected chi connectivity index (χ1v) is 8.57. The lowest BCUT2D eigenvalue weighted by Crippen LogP contribution is -2.00. The topological polar surface area (TPSA) is 29.3 Å². The van der Waals surface area contributed by atoms with Crippen LogP contribution in [0.1, 0.15) is 11.1 Å². The van der Waals surface area contributed by atoms with Gasteiger partial charge in [0.25, 0.3) is 0 Å². The minimum Gasteiger partial charge on any atom is -0.339 e. The monoisotopic (exact) mass is 347 g/mol. The van der Waals surface area contributed by atoms with Gasteiger partial charge in [0, 0.05) is 22.5 Å². The maximum Gasteiger partial charge on any atom is 0.143 e. The number of hydrogen-bond donors (Lipinski definition) is 1. The Labute approximate surface area is 151 Å². The van der Waals surface area contributed by atoms with Gasteiger partial charge in [-0.3, -0.25) is 4.40 Å². The third-order valence-electron chi connectivity index (χ3n) is 4.35. The van der Waals surface area contributed by atoms with Crippen LogP contribution in [0, 0.1) is 13.8 Å². The number of halogens is 1. The average molecular weight is 348 g/mol. The number of imidazole rings is 1. The molecule has 0 saturated carbocycles. The summed E-state index contributed by atoms with van der Waals surface area (Å²) >= 11 is 6.20. The van der Waals surface area contributed by atoms with E-state index in [0.717, 1.165) is 28.4 Å². The predicted octanol–water partition coefficient (Wildman–Crippen LogP) is 6.02. The first-order valence-electron chi connectivity index (χ1n) is 8.20. The normalized spacial score (nSPS) is 11.0. The van der Waals surface area contributed by atoms with E-state index in [1.807, 2.05) is 48.7 Å². The number of anilines is 2. The number of pyridine rings is 1. The van der Waals surface area contributed by atoms with E-state index >= 15 is 0 Å². The molecular weight excluding hydrogens is 330 g/mol. The summed E-state index contributed by atoms with van der Waals surface area (Å²) in [6.07, 6.45) is 2.02. The van der Waals surface area contributed by atoms with Gasteiger partial charge in [-0.2, -0.15) is 0 Å². The molecule has 0 aliphatic carbocycles. The highest BCUT2D eigenvalue weighted by Crippen LogP contribution is 2.34. The Hall–Kier alpha value is -2.78. The van der Waals surface area contributed by atoms with Crippen LogP contribution >= 0.6 is 11.6 Å². The first-order chi connectivity index (χ1) is 12.1. The van der Waals surface area contributed by atoms with E-state index in [1.165, 1.54) is 11.1 Å². The van der Waals surface area contributed by atoms with Crippen LogP contribution in [-0.4, -0.2) is 9.38 Å². The lowest BCUT2D eigenvalue weighted by molar-refractivity contribution is 1.18. The van der Waals surface area contributed by atoms with Crippen molar-refractivity contribution in [3.63, 3.8) is 0 Å². The first kappa shape index (κ1) is 15.7. The highest BCUT2D eigenvalue weighted by Gasteiger charge is 2.15. The Bertz CT molecular complexity index is 1050. The van der Waals surface area contributed by atoms with Crippen LogP contribution in [0.25, 0.3) is 16.9 Å². The van der Waals surface area contributed by atoms with Gasteiger partial charge in [-0.05, 0) is 49.2 Å². The predicted molar refractivity (Wildman–Crippen MR) is 105 cm³/mol. The van der Waals surface area contributed by atoms with E-state index in [0.29, 0.717) is 5.02 Å². The summed E-state index contributed by atoms with van der Waals surface area (Å²) in [7, 11) is 0. The van der Waals surface area contributed by atoms with Gasteiger partial charge >= 0.3 is 0 Å². The molecule has 124 valence electrons. The molecule has 0 spiro atoms. The second-order valence-corrected chi connectivity index (χ2v) is 6.58. The van der Waals surface area contributed by atoms with E-state index in [4.69, 9.17) is 16.6 Å². The molecule has 0 radical (unpaired) electrons. The molecule has 0 bridgehead atoms. The summed E-state index contributed by atoms with van der Waals surface area (Å²) in [5.74, 6) is 0.940. The fourth-order valence-electron chi connectivity index (χ4n) is 3.08. The maximum absolute atomic E-state index is 6.20. The average Bonchev–Trinajstić information content (AvgIpc) is 2.97. The number of aromatic nitrogens is 2. The molecule has 2 aromatic heterocycles. The van der Waals surface area contributed by atoms with E-state index in [-0.39, 0.29) is 0 Å². The molecule has 4 heteroatoms. The van der Waals surface area contributed by atoms with Crippen LogP contribution in [-0.2, 0) is 0 Å². The van der Waals surface area contributed by atoms with Crippen LogP contribution in [0.4, 0.5) is 11.5 Å². The van der Waals surface area contributed by atoms with Crippen molar-refractivity contribution in [2.75, 3.05) is 5.32 Å². The van der Waals surface area contributed by atoms with Crippen molar-refractivity contribution in [3.8, 4) is 11.3 Å². The zero-order valence-electron chi connectivity index (χ0n) is 14.1. The second-order valence-electron chi connectivity index (χ2n) is 6.14. The van der Waals surface area contributed by atoms with Crippen LogP contribution in [0.3, 0.4) is 0 Å². The molecule has 0 unspecified atom stereocenters. The standard InChI is InChI=1S/C21H18ClN3/c1-14-7-5-8-15(2)19(14)24-21-20(16-9-6-10-17(22)13-16)23-18-11-3-4-12-25(18)21/h3-13,24H,1-2H3. The molecule has 2 aromatic carbocycles. The zero-order valence-corrected chi connectivity index (χ0v) is 14.9. The molecule has 0 amide bonds. The van der Waals surface area contributed by atoms with E-state index in [1.54, 1.807) is 0 Å². The third kappa shape index (κ3) is 2.87. The summed E-state index contributed by atoms with van der Waals surface area (Å²) < 4.78 is 2.07. The Kier molecular flexibility index (Phi) is 3.94. The van der Waals surface area contributed by atoms with Crippen molar-refractivity contribution in [2.24, 2.45) is 0 Å². The van der Waals surface area contributed by atoms with Gasteiger partial charge < -0.3 is 5.32 Å². The molecule has 3 nitrogen and oxygen atoms in total. The Morgan fingerprint density at radius 3 is 2.44 bits per heavy atom. The van der Waals surface area contributed by atoms with E-state index < -0.39 is 0 Å². The molecule has 0 aliphatic heterocycles. The molecule has 0 atom stereocenters. The summed E-state index contributed by atoms with van der Waals surface area (Å²) in [5.41, 5.74) is 6.27. The number of aryl methyl sites for hydroxylation is 2. The minimum atomic E-state index is 0.701. The van der Waals surface area contributed by atoms with Gasteiger partial charge in [0.2, 0.25) is 0 Å². The van der Waals surface area contributed by atoms with Gasteiger partial charge in [0.05, 0.1) is 0 Å². The number of nitrogens with zero attached hydrogens (tertiary/aromatic N) is 2. The van der Waals surface area contributed by atoms with Gasteiger partial charge in [-0.25, -0.2) is 4.98 Å². The van der Waals surface area contributed by atoms with Crippen LogP contribution in [0.5, 0.6) is 0 Å². The van der Waals surface area contributed by atoms with Crippen molar-refractivity contribution in [2.45, 2.75) is 13.8 Å². The molecule has 0 fully saturated rings. The number of benzene rings is 2. The molecular formula is C21H18ClN3. The highest BCUT2D eigenvalue weighted by molar-refractivity contribution is 6.30. The van der Waals surface area contributed by atoms with E-state index in [9.17, 15) is 0 Å². The van der Waals surface area contributed by atoms with Gasteiger partial charge in [0.15, 0.2) is 0 Å². The zero-order chi connectivity index (χ0) is 17.4. The second kappa shape index (κ2) is 6.26. The highest BCUT2D eigenvalue weighted by atomic mass is 35.5. The summed E-state index contributed by atoms with van der Waals surface area (Å²) in [6.45, 7) is 4.22. The molecule has 1 N–H and O–H groups in total. The maximum atomic E-state index is 6.20. The Morgan fingerprint density at radius 2 is 1.68 bits per heavy atom. The molecule has 4 aromatic rings. The van der Waals surface area contributed by atoms with Crippen LogP contribution < -0.4 is 5.32 Å². The number of fused-ring (bicyclic) bond motifs is 1. The fraction of sp³-hybridized carbons (Fsp3) is 0.0952. The van der Waals surface area contributed by atoms with Crippen LogP contribution in [0.15, 0.2) is 66.9 Å². The number of nitrogens with one attached hydrogen (secondary N) is 1. The number of rotatable bonds is 3. The summed E-state index contributed by atoms with van der Waals surface area (Å²) in [5, 5.41) is 4.31.